The second-order valence-corrected chi connectivity index (χ2v) is 6.57. The Balaban J connectivity index is 2.09. The highest BCUT2D eigenvalue weighted by Crippen LogP contribution is 2.25. The lowest BCUT2D eigenvalue weighted by atomic mass is 9.85. The molecule has 1 aliphatic rings. The van der Waals surface area contributed by atoms with E-state index in [1.54, 1.807) is 6.92 Å². The van der Waals surface area contributed by atoms with Crippen molar-refractivity contribution < 1.29 is 23.9 Å². The largest absolute Gasteiger partial charge is 0.465 e. The number of carbonyl (C=O) groups is 3. The molecule has 1 aromatic heterocycles. The van der Waals surface area contributed by atoms with Crippen molar-refractivity contribution in [2.24, 2.45) is 11.8 Å². The Kier molecular flexibility index (Phi) is 6.17. The van der Waals surface area contributed by atoms with Crippen molar-refractivity contribution in [2.45, 2.75) is 40.0 Å². The van der Waals surface area contributed by atoms with Gasteiger partial charge in [-0.1, -0.05) is 19.1 Å². The maximum Gasteiger partial charge on any atom is 0.339 e. The lowest BCUT2D eigenvalue weighted by molar-refractivity contribution is -0.144. The van der Waals surface area contributed by atoms with Crippen molar-refractivity contribution >= 4 is 17.7 Å². The van der Waals surface area contributed by atoms with Crippen molar-refractivity contribution in [1.82, 2.24) is 4.98 Å². The van der Waals surface area contributed by atoms with E-state index in [9.17, 15) is 14.4 Å². The first-order chi connectivity index (χ1) is 11.8. The third-order valence-corrected chi connectivity index (χ3v) is 4.77. The molecule has 0 aliphatic heterocycles. The maximum absolute atomic E-state index is 12.2. The van der Waals surface area contributed by atoms with E-state index in [2.05, 4.69) is 24.1 Å². The van der Waals surface area contributed by atoms with E-state index >= 15 is 0 Å². The molecule has 1 aromatic rings. The summed E-state index contributed by atoms with van der Waals surface area (Å²) in [5.74, 6) is -0.420. The fraction of sp³-hybridized carbons (Fsp3) is 0.526. The number of carbonyl (C=O) groups excluding carboxylic acids is 3. The molecule has 0 saturated heterocycles. The zero-order valence-corrected chi connectivity index (χ0v) is 15.2. The van der Waals surface area contributed by atoms with Crippen LogP contribution in [0.3, 0.4) is 0 Å². The molecule has 0 unspecified atom stereocenters. The molecule has 0 saturated carbocycles. The van der Waals surface area contributed by atoms with Crippen molar-refractivity contribution in [3.05, 3.63) is 34.7 Å². The molecule has 1 heterocycles. The molecule has 2 atom stereocenters. The van der Waals surface area contributed by atoms with Gasteiger partial charge in [-0.2, -0.15) is 0 Å². The number of aromatic nitrogens is 1. The van der Waals surface area contributed by atoms with Gasteiger partial charge in [-0.05, 0) is 37.2 Å². The average molecular weight is 347 g/mol. The molecule has 0 fully saturated rings. The first-order valence-corrected chi connectivity index (χ1v) is 8.46. The molecule has 6 heteroatoms. The van der Waals surface area contributed by atoms with E-state index in [-0.39, 0.29) is 17.8 Å². The Morgan fingerprint density at radius 2 is 1.92 bits per heavy atom. The van der Waals surface area contributed by atoms with E-state index in [1.165, 1.54) is 14.0 Å². The molecule has 0 bridgehead atoms. The van der Waals surface area contributed by atoms with Gasteiger partial charge in [0.2, 0.25) is 0 Å². The quantitative estimate of drug-likeness (QED) is 0.486. The zero-order valence-electron chi connectivity index (χ0n) is 15.2. The van der Waals surface area contributed by atoms with Gasteiger partial charge >= 0.3 is 11.9 Å². The Labute approximate surface area is 147 Å². The second kappa shape index (κ2) is 8.14. The molecule has 1 aliphatic carbocycles. The normalized spacial score (nSPS) is 19.5. The Bertz CT molecular complexity index is 701. The summed E-state index contributed by atoms with van der Waals surface area (Å²) in [5.41, 5.74) is 1.40. The predicted octanol–water partition coefficient (Wildman–Crippen LogP) is 3.00. The van der Waals surface area contributed by atoms with E-state index in [4.69, 9.17) is 9.47 Å². The first kappa shape index (κ1) is 19.0. The number of allylic oxidation sites excluding steroid dienone is 2. The first-order valence-electron chi connectivity index (χ1n) is 8.46. The number of hydrogen-bond acceptors (Lipinski definition) is 5. The molecule has 0 spiro atoms. The minimum Gasteiger partial charge on any atom is -0.465 e. The van der Waals surface area contributed by atoms with Crippen LogP contribution in [0.25, 0.3) is 0 Å². The summed E-state index contributed by atoms with van der Waals surface area (Å²) in [6, 6.07) is 0. The average Bonchev–Trinajstić information content (AvgIpc) is 2.90. The van der Waals surface area contributed by atoms with Crippen molar-refractivity contribution in [1.29, 1.82) is 0 Å². The predicted molar refractivity (Wildman–Crippen MR) is 92.6 cm³/mol. The number of hydrogen-bond donors (Lipinski definition) is 1. The SMILES string of the molecule is COC(=O)c1c(CC(=O)OC[C@@H]2CC=CC[C@@H]2C)[nH]c(C(C)=O)c1C. The maximum atomic E-state index is 12.2. The number of methoxy groups -OCH3 is 1. The molecule has 136 valence electrons. The van der Waals surface area contributed by atoms with E-state index in [0.717, 1.165) is 12.8 Å². The molecule has 25 heavy (non-hydrogen) atoms. The zero-order chi connectivity index (χ0) is 18.6. The second-order valence-electron chi connectivity index (χ2n) is 6.57. The third-order valence-electron chi connectivity index (χ3n) is 4.77. The van der Waals surface area contributed by atoms with E-state index in [0.29, 0.717) is 35.4 Å². The standard InChI is InChI=1S/C19H25NO5/c1-11-7-5-6-8-14(11)10-25-16(22)9-15-17(19(23)24-4)12(2)18(20-15)13(3)21/h5-6,11,14,20H,7-10H2,1-4H3/t11-,14-/m0/s1. The molecule has 2 rings (SSSR count). The van der Waals surface area contributed by atoms with Gasteiger partial charge in [-0.3, -0.25) is 9.59 Å². The van der Waals surface area contributed by atoms with Crippen LogP contribution in [-0.4, -0.2) is 36.4 Å². The lowest BCUT2D eigenvalue weighted by Gasteiger charge is -2.24. The number of H-pyrrole nitrogens is 1. The number of ketones is 1. The summed E-state index contributed by atoms with van der Waals surface area (Å²) >= 11 is 0. The van der Waals surface area contributed by atoms with Crippen molar-refractivity contribution in [3.8, 4) is 0 Å². The Morgan fingerprint density at radius 1 is 1.24 bits per heavy atom. The Hall–Kier alpha value is -2.37. The van der Waals surface area contributed by atoms with Gasteiger partial charge in [0, 0.05) is 12.6 Å². The van der Waals surface area contributed by atoms with Crippen LogP contribution in [0.15, 0.2) is 12.2 Å². The van der Waals surface area contributed by atoms with Gasteiger partial charge in [0.05, 0.1) is 31.4 Å². The van der Waals surface area contributed by atoms with Gasteiger partial charge < -0.3 is 14.5 Å². The number of aromatic amines is 1. The summed E-state index contributed by atoms with van der Waals surface area (Å²) in [5, 5.41) is 0. The van der Waals surface area contributed by atoms with Gasteiger partial charge in [0.1, 0.15) is 0 Å². The van der Waals surface area contributed by atoms with Gasteiger partial charge in [-0.15, -0.1) is 0 Å². The summed E-state index contributed by atoms with van der Waals surface area (Å²) < 4.78 is 10.2. The highest BCUT2D eigenvalue weighted by molar-refractivity contribution is 6.01. The smallest absolute Gasteiger partial charge is 0.339 e. The summed E-state index contributed by atoms with van der Waals surface area (Å²) in [7, 11) is 1.27. The molecule has 0 amide bonds. The molecular formula is C19H25NO5. The van der Waals surface area contributed by atoms with E-state index < -0.39 is 11.9 Å². The van der Waals surface area contributed by atoms with Crippen LogP contribution in [0.2, 0.25) is 0 Å². The molecule has 1 N–H and O–H groups in total. The fourth-order valence-electron chi connectivity index (χ4n) is 3.16. The highest BCUT2D eigenvalue weighted by atomic mass is 16.5. The number of rotatable bonds is 6. The number of esters is 2. The van der Waals surface area contributed by atoms with Gasteiger partial charge in [-0.25, -0.2) is 4.79 Å². The lowest BCUT2D eigenvalue weighted by Crippen LogP contribution is -2.22. The minimum atomic E-state index is -0.574. The molecule has 6 nitrogen and oxygen atoms in total. The van der Waals surface area contributed by atoms with Crippen LogP contribution >= 0.6 is 0 Å². The van der Waals surface area contributed by atoms with Crippen molar-refractivity contribution in [2.75, 3.05) is 13.7 Å². The van der Waals surface area contributed by atoms with Crippen LogP contribution in [0.5, 0.6) is 0 Å². The molecule has 0 aromatic carbocycles. The van der Waals surface area contributed by atoms with Gasteiger partial charge in [0.25, 0.3) is 0 Å². The number of nitrogens with one attached hydrogen (secondary N) is 1. The number of Topliss-reactive ketones (excluding diaryl/α,β-unsaturated/α-hetero) is 1. The van der Waals surface area contributed by atoms with Crippen LogP contribution in [0.1, 0.15) is 58.8 Å². The minimum absolute atomic E-state index is 0.102. The van der Waals surface area contributed by atoms with Crippen LogP contribution in [0.4, 0.5) is 0 Å². The third kappa shape index (κ3) is 4.38. The monoisotopic (exact) mass is 347 g/mol. The van der Waals surface area contributed by atoms with Crippen LogP contribution < -0.4 is 0 Å². The van der Waals surface area contributed by atoms with Crippen LogP contribution in [-0.2, 0) is 20.7 Å². The summed E-state index contributed by atoms with van der Waals surface area (Å²) in [6.07, 6.45) is 6.05. The van der Waals surface area contributed by atoms with E-state index in [1.807, 2.05) is 0 Å². The topological polar surface area (TPSA) is 85.5 Å². The molecule has 0 radical (unpaired) electrons. The molecular weight excluding hydrogens is 322 g/mol. The van der Waals surface area contributed by atoms with Gasteiger partial charge in [0.15, 0.2) is 5.78 Å². The highest BCUT2D eigenvalue weighted by Gasteiger charge is 2.25. The summed E-state index contributed by atoms with van der Waals surface area (Å²) in [6.45, 7) is 5.56. The fourth-order valence-corrected chi connectivity index (χ4v) is 3.16. The van der Waals surface area contributed by atoms with Crippen molar-refractivity contribution in [3.63, 3.8) is 0 Å². The number of ether oxygens (including phenoxy) is 2. The Morgan fingerprint density at radius 3 is 2.52 bits per heavy atom. The van der Waals surface area contributed by atoms with Crippen LogP contribution in [0, 0.1) is 18.8 Å². The summed E-state index contributed by atoms with van der Waals surface area (Å²) in [4.78, 5) is 38.8.